The number of piperazine rings is 1. The van der Waals surface area contributed by atoms with Gasteiger partial charge >= 0.3 is 5.97 Å². The topological polar surface area (TPSA) is 103 Å². The molecule has 8 heteroatoms. The Morgan fingerprint density at radius 2 is 1.93 bits per heavy atom. The van der Waals surface area contributed by atoms with Gasteiger partial charge in [-0.05, 0) is 37.8 Å². The summed E-state index contributed by atoms with van der Waals surface area (Å²) >= 11 is 0. The number of aromatic nitrogens is 1. The quantitative estimate of drug-likeness (QED) is 0.680. The Balaban J connectivity index is 1.47. The number of nitrogens with zero attached hydrogens (tertiary/aromatic N) is 3. The highest BCUT2D eigenvalue weighted by Crippen LogP contribution is 2.30. The number of hydrogen-bond acceptors (Lipinski definition) is 5. The van der Waals surface area contributed by atoms with Crippen LogP contribution >= 0.6 is 0 Å². The van der Waals surface area contributed by atoms with E-state index in [9.17, 15) is 14.4 Å². The summed E-state index contributed by atoms with van der Waals surface area (Å²) in [6.45, 7) is 5.83. The summed E-state index contributed by atoms with van der Waals surface area (Å²) in [7, 11) is 0. The molecule has 0 unspecified atom stereocenters. The molecule has 29 heavy (non-hydrogen) atoms. The maximum Gasteiger partial charge on any atom is 0.303 e. The van der Waals surface area contributed by atoms with Crippen molar-refractivity contribution in [2.24, 2.45) is 0 Å². The van der Waals surface area contributed by atoms with Crippen LogP contribution in [0.3, 0.4) is 0 Å². The van der Waals surface area contributed by atoms with Crippen molar-refractivity contribution in [3.05, 3.63) is 29.6 Å². The van der Waals surface area contributed by atoms with Gasteiger partial charge in [-0.1, -0.05) is 6.07 Å². The van der Waals surface area contributed by atoms with Gasteiger partial charge in [0.15, 0.2) is 0 Å². The molecule has 0 spiro atoms. The number of hydrogen-bond donors (Lipinski definition) is 2. The number of carboxylic acid groups (broad SMARTS) is 1. The van der Waals surface area contributed by atoms with Crippen LogP contribution in [0.2, 0.25) is 0 Å². The van der Waals surface area contributed by atoms with Gasteiger partial charge in [-0.25, -0.2) is 0 Å². The lowest BCUT2D eigenvalue weighted by Gasteiger charge is -2.36. The Morgan fingerprint density at radius 3 is 2.55 bits per heavy atom. The minimum atomic E-state index is -0.879. The van der Waals surface area contributed by atoms with Gasteiger partial charge in [-0.3, -0.25) is 24.3 Å². The SMILES string of the molecule is Cc1cccnc1CN1CCN(C(=O)CC[C@@]2(CCC(=O)O)CCC(=O)N2)CC1. The fourth-order valence-electron chi connectivity index (χ4n) is 4.18. The molecule has 1 atom stereocenters. The number of amides is 2. The van der Waals surface area contributed by atoms with E-state index in [0.29, 0.717) is 45.2 Å². The maximum absolute atomic E-state index is 12.7. The number of carbonyl (C=O) groups is 3. The number of carboxylic acids is 1. The number of aliphatic carboxylic acids is 1. The average molecular weight is 402 g/mol. The van der Waals surface area contributed by atoms with Gasteiger partial charge in [-0.15, -0.1) is 0 Å². The van der Waals surface area contributed by atoms with Crippen LogP contribution in [-0.4, -0.2) is 69.4 Å². The molecule has 2 saturated heterocycles. The second-order valence-corrected chi connectivity index (χ2v) is 8.15. The van der Waals surface area contributed by atoms with Crippen LogP contribution in [0.1, 0.15) is 49.8 Å². The third-order valence-corrected chi connectivity index (χ3v) is 6.09. The van der Waals surface area contributed by atoms with Gasteiger partial charge < -0.3 is 15.3 Å². The number of aryl methyl sites for hydroxylation is 1. The molecular weight excluding hydrogens is 372 g/mol. The molecule has 3 rings (SSSR count). The van der Waals surface area contributed by atoms with Crippen molar-refractivity contribution in [1.82, 2.24) is 20.1 Å². The first-order chi connectivity index (χ1) is 13.9. The molecule has 0 aliphatic carbocycles. The second kappa shape index (κ2) is 9.35. The van der Waals surface area contributed by atoms with Crippen LogP contribution in [-0.2, 0) is 20.9 Å². The average Bonchev–Trinajstić information content (AvgIpc) is 3.08. The number of rotatable bonds is 8. The molecule has 2 amide bonds. The first-order valence-corrected chi connectivity index (χ1v) is 10.3. The first-order valence-electron chi connectivity index (χ1n) is 10.3. The van der Waals surface area contributed by atoms with Gasteiger partial charge in [0, 0.05) is 63.7 Å². The van der Waals surface area contributed by atoms with E-state index in [1.165, 1.54) is 5.56 Å². The van der Waals surface area contributed by atoms with Crippen molar-refractivity contribution in [2.75, 3.05) is 26.2 Å². The van der Waals surface area contributed by atoms with E-state index in [4.69, 9.17) is 5.11 Å². The number of nitrogens with one attached hydrogen (secondary N) is 1. The van der Waals surface area contributed by atoms with Gasteiger partial charge in [0.05, 0.1) is 5.69 Å². The molecule has 2 aliphatic heterocycles. The zero-order valence-electron chi connectivity index (χ0n) is 17.0. The van der Waals surface area contributed by atoms with Crippen LogP contribution in [0.5, 0.6) is 0 Å². The fourth-order valence-corrected chi connectivity index (χ4v) is 4.18. The molecular formula is C21H30N4O4. The summed E-state index contributed by atoms with van der Waals surface area (Å²) in [5.41, 5.74) is 1.70. The van der Waals surface area contributed by atoms with Crippen molar-refractivity contribution >= 4 is 17.8 Å². The molecule has 8 nitrogen and oxygen atoms in total. The van der Waals surface area contributed by atoms with Crippen molar-refractivity contribution in [1.29, 1.82) is 0 Å². The van der Waals surface area contributed by atoms with Gasteiger partial charge in [0.2, 0.25) is 11.8 Å². The Kier molecular flexibility index (Phi) is 6.84. The largest absolute Gasteiger partial charge is 0.481 e. The van der Waals surface area contributed by atoms with E-state index in [0.717, 1.165) is 25.3 Å². The molecule has 0 radical (unpaired) electrons. The molecule has 158 valence electrons. The molecule has 3 heterocycles. The number of carbonyl (C=O) groups excluding carboxylic acids is 2. The maximum atomic E-state index is 12.7. The van der Waals surface area contributed by atoms with E-state index in [1.807, 2.05) is 17.2 Å². The van der Waals surface area contributed by atoms with E-state index in [-0.39, 0.29) is 18.2 Å². The monoisotopic (exact) mass is 402 g/mol. The van der Waals surface area contributed by atoms with Crippen molar-refractivity contribution in [2.45, 2.75) is 57.5 Å². The third kappa shape index (κ3) is 5.76. The van der Waals surface area contributed by atoms with Gasteiger partial charge in [0.25, 0.3) is 0 Å². The van der Waals surface area contributed by atoms with Crippen molar-refractivity contribution < 1.29 is 19.5 Å². The van der Waals surface area contributed by atoms with Crippen molar-refractivity contribution in [3.8, 4) is 0 Å². The molecule has 2 fully saturated rings. The lowest BCUT2D eigenvalue weighted by molar-refractivity contribution is -0.137. The van der Waals surface area contributed by atoms with Crippen LogP contribution in [0.25, 0.3) is 0 Å². The minimum absolute atomic E-state index is 0.0000823. The highest BCUT2D eigenvalue weighted by atomic mass is 16.4. The summed E-state index contributed by atoms with van der Waals surface area (Å²) < 4.78 is 0. The Bertz CT molecular complexity index is 761. The standard InChI is InChI=1S/C21H30N4O4/c1-16-3-2-10-22-17(16)15-24-11-13-25(14-12-24)19(27)5-8-21(9-6-20(28)29)7-4-18(26)23-21/h2-3,10H,4-9,11-15H2,1H3,(H,23,26)(H,28,29)/t21-/m1/s1. The van der Waals surface area contributed by atoms with Gasteiger partial charge in [0.1, 0.15) is 0 Å². The zero-order valence-corrected chi connectivity index (χ0v) is 17.0. The molecule has 0 aromatic carbocycles. The molecule has 2 aliphatic rings. The summed E-state index contributed by atoms with van der Waals surface area (Å²) in [5, 5.41) is 11.9. The molecule has 0 bridgehead atoms. The predicted molar refractivity (Wildman–Crippen MR) is 107 cm³/mol. The van der Waals surface area contributed by atoms with Crippen LogP contribution in [0.15, 0.2) is 18.3 Å². The van der Waals surface area contributed by atoms with E-state index in [1.54, 1.807) is 0 Å². The smallest absolute Gasteiger partial charge is 0.303 e. The molecule has 2 N–H and O–H groups in total. The summed E-state index contributed by atoms with van der Waals surface area (Å²) in [6.07, 6.45) is 4.02. The first kappa shape index (κ1) is 21.2. The number of pyridine rings is 1. The summed E-state index contributed by atoms with van der Waals surface area (Å²) in [5.74, 6) is -0.855. The summed E-state index contributed by atoms with van der Waals surface area (Å²) in [4.78, 5) is 44.0. The summed E-state index contributed by atoms with van der Waals surface area (Å²) in [6, 6.07) is 4.00. The van der Waals surface area contributed by atoms with E-state index in [2.05, 4.69) is 28.2 Å². The Labute approximate surface area is 171 Å². The predicted octanol–water partition coefficient (Wildman–Crippen LogP) is 1.33. The normalized spacial score (nSPS) is 22.5. The van der Waals surface area contributed by atoms with Crippen molar-refractivity contribution in [3.63, 3.8) is 0 Å². The van der Waals surface area contributed by atoms with E-state index >= 15 is 0 Å². The van der Waals surface area contributed by atoms with E-state index < -0.39 is 11.5 Å². The highest BCUT2D eigenvalue weighted by molar-refractivity contribution is 5.80. The third-order valence-electron chi connectivity index (χ3n) is 6.09. The van der Waals surface area contributed by atoms with Crippen LogP contribution < -0.4 is 5.32 Å². The molecule has 1 aromatic heterocycles. The zero-order chi connectivity index (χ0) is 20.9. The van der Waals surface area contributed by atoms with Crippen LogP contribution in [0.4, 0.5) is 0 Å². The molecule has 1 aromatic rings. The Morgan fingerprint density at radius 1 is 1.21 bits per heavy atom. The minimum Gasteiger partial charge on any atom is -0.481 e. The highest BCUT2D eigenvalue weighted by Gasteiger charge is 2.38. The fraction of sp³-hybridized carbons (Fsp3) is 0.619. The Hall–Kier alpha value is -2.48. The van der Waals surface area contributed by atoms with Gasteiger partial charge in [-0.2, -0.15) is 0 Å². The lowest BCUT2D eigenvalue weighted by Crippen LogP contribution is -2.49. The lowest BCUT2D eigenvalue weighted by atomic mass is 9.86. The van der Waals surface area contributed by atoms with Crippen LogP contribution in [0, 0.1) is 6.92 Å². The second-order valence-electron chi connectivity index (χ2n) is 8.15. The molecule has 0 saturated carbocycles.